The number of ether oxygens (including phenoxy) is 1. The van der Waals surface area contributed by atoms with Crippen LogP contribution in [0.4, 0.5) is 6.01 Å². The maximum Gasteiger partial charge on any atom is 0.315 e. The van der Waals surface area contributed by atoms with Crippen molar-refractivity contribution in [1.29, 1.82) is 0 Å². The van der Waals surface area contributed by atoms with Crippen molar-refractivity contribution in [3.63, 3.8) is 0 Å². The predicted octanol–water partition coefficient (Wildman–Crippen LogP) is 4.90. The maximum atomic E-state index is 5.86. The molecule has 7 heteroatoms. The molecule has 148 valence electrons. The molecule has 0 atom stereocenters. The highest BCUT2D eigenvalue weighted by atomic mass is 16.5. The van der Waals surface area contributed by atoms with Gasteiger partial charge in [-0.25, -0.2) is 4.98 Å². The van der Waals surface area contributed by atoms with Crippen LogP contribution in [-0.2, 0) is 6.61 Å². The third-order valence-electron chi connectivity index (χ3n) is 4.74. The lowest BCUT2D eigenvalue weighted by Gasteiger charge is -2.06. The van der Waals surface area contributed by atoms with E-state index in [0.29, 0.717) is 18.5 Å². The molecule has 2 heterocycles. The fourth-order valence-electron chi connectivity index (χ4n) is 3.17. The van der Waals surface area contributed by atoms with E-state index in [-0.39, 0.29) is 0 Å². The minimum atomic E-state index is 0.380. The summed E-state index contributed by atoms with van der Waals surface area (Å²) in [5, 5.41) is 10.8. The number of benzene rings is 3. The van der Waals surface area contributed by atoms with Crippen LogP contribution in [0.2, 0.25) is 0 Å². The highest BCUT2D eigenvalue weighted by molar-refractivity contribution is 5.83. The Bertz CT molecular complexity index is 1280. The number of hydrogen-bond acceptors (Lipinski definition) is 6. The van der Waals surface area contributed by atoms with Gasteiger partial charge < -0.3 is 19.5 Å². The van der Waals surface area contributed by atoms with Gasteiger partial charge in [0.15, 0.2) is 0 Å². The summed E-state index contributed by atoms with van der Waals surface area (Å²) >= 11 is 0. The second-order valence-electron chi connectivity index (χ2n) is 6.78. The van der Waals surface area contributed by atoms with Crippen molar-refractivity contribution in [2.24, 2.45) is 0 Å². The molecule has 0 unspecified atom stereocenters. The molecular weight excluding hydrogens is 378 g/mol. The number of fused-ring (bicyclic) bond motifs is 1. The molecular formula is C23H19N5O2. The summed E-state index contributed by atoms with van der Waals surface area (Å²) in [7, 11) is 1.74. The Labute approximate surface area is 172 Å². The first-order chi connectivity index (χ1) is 14.8. The molecule has 0 saturated carbocycles. The Morgan fingerprint density at radius 1 is 0.933 bits per heavy atom. The second kappa shape index (κ2) is 7.71. The minimum absolute atomic E-state index is 0.380. The lowest BCUT2D eigenvalue weighted by molar-refractivity contribution is 0.306. The summed E-state index contributed by atoms with van der Waals surface area (Å²) in [6.45, 7) is 0.540. The first kappa shape index (κ1) is 17.9. The lowest BCUT2D eigenvalue weighted by atomic mass is 10.2. The van der Waals surface area contributed by atoms with Crippen molar-refractivity contribution < 1.29 is 9.15 Å². The summed E-state index contributed by atoms with van der Waals surface area (Å²) < 4.78 is 11.4. The molecule has 0 aliphatic rings. The zero-order valence-corrected chi connectivity index (χ0v) is 16.3. The molecule has 0 fully saturated rings. The van der Waals surface area contributed by atoms with Gasteiger partial charge >= 0.3 is 6.01 Å². The van der Waals surface area contributed by atoms with Crippen molar-refractivity contribution in [3.8, 4) is 28.6 Å². The monoisotopic (exact) mass is 397 g/mol. The molecule has 5 rings (SSSR count). The van der Waals surface area contributed by atoms with Crippen molar-refractivity contribution in [1.82, 2.24) is 20.2 Å². The number of rotatable bonds is 6. The van der Waals surface area contributed by atoms with Crippen LogP contribution in [0.15, 0.2) is 77.2 Å². The first-order valence-electron chi connectivity index (χ1n) is 9.57. The fourth-order valence-corrected chi connectivity index (χ4v) is 3.17. The summed E-state index contributed by atoms with van der Waals surface area (Å²) in [5.41, 5.74) is 4.71. The standard InChI is InChI=1S/C23H19N5O2/c1-24-23-28-27-22(30-23)17-9-12-19-20(13-17)26-21(25-19)16-7-10-18(11-8-16)29-14-15-5-3-2-4-6-15/h2-13H,14H2,1H3,(H,24,28)(H,25,26). The van der Waals surface area contributed by atoms with Crippen molar-refractivity contribution in [2.45, 2.75) is 6.61 Å². The molecule has 30 heavy (non-hydrogen) atoms. The lowest BCUT2D eigenvalue weighted by Crippen LogP contribution is -1.94. The largest absolute Gasteiger partial charge is 0.489 e. The van der Waals surface area contributed by atoms with Gasteiger partial charge in [0.2, 0.25) is 5.89 Å². The normalized spacial score (nSPS) is 11.0. The molecule has 0 aliphatic carbocycles. The average Bonchev–Trinajstić information content (AvgIpc) is 3.45. The van der Waals surface area contributed by atoms with E-state index >= 15 is 0 Å². The SMILES string of the molecule is CNc1nnc(-c2ccc3nc(-c4ccc(OCc5ccccc5)cc4)[nH]c3c2)o1. The molecule has 0 radical (unpaired) electrons. The summed E-state index contributed by atoms with van der Waals surface area (Å²) in [6.07, 6.45) is 0. The molecule has 7 nitrogen and oxygen atoms in total. The van der Waals surface area contributed by atoms with Crippen molar-refractivity contribution in [3.05, 3.63) is 78.4 Å². The van der Waals surface area contributed by atoms with Gasteiger partial charge in [0, 0.05) is 18.2 Å². The average molecular weight is 397 g/mol. The topological polar surface area (TPSA) is 88.9 Å². The van der Waals surface area contributed by atoms with Crippen LogP contribution >= 0.6 is 0 Å². The quantitative estimate of drug-likeness (QED) is 0.424. The van der Waals surface area contributed by atoms with Crippen molar-refractivity contribution in [2.75, 3.05) is 12.4 Å². The van der Waals surface area contributed by atoms with Gasteiger partial charge in [-0.1, -0.05) is 35.4 Å². The smallest absolute Gasteiger partial charge is 0.315 e. The summed E-state index contributed by atoms with van der Waals surface area (Å²) in [6, 6.07) is 24.2. The Morgan fingerprint density at radius 2 is 1.73 bits per heavy atom. The van der Waals surface area contributed by atoms with Crippen LogP contribution in [0.25, 0.3) is 33.9 Å². The zero-order chi connectivity index (χ0) is 20.3. The van der Waals surface area contributed by atoms with Crippen LogP contribution in [0, 0.1) is 0 Å². The van der Waals surface area contributed by atoms with Gasteiger partial charge in [-0.05, 0) is 48.0 Å². The second-order valence-corrected chi connectivity index (χ2v) is 6.78. The third-order valence-corrected chi connectivity index (χ3v) is 4.74. The number of H-pyrrole nitrogens is 1. The molecule has 0 amide bonds. The highest BCUT2D eigenvalue weighted by Crippen LogP contribution is 2.27. The summed E-state index contributed by atoms with van der Waals surface area (Å²) in [5.74, 6) is 2.06. The Kier molecular flexibility index (Phi) is 4.61. The third kappa shape index (κ3) is 3.60. The molecule has 0 saturated heterocycles. The highest BCUT2D eigenvalue weighted by Gasteiger charge is 2.11. The van der Waals surface area contributed by atoms with E-state index in [9.17, 15) is 0 Å². The first-order valence-corrected chi connectivity index (χ1v) is 9.57. The summed E-state index contributed by atoms with van der Waals surface area (Å²) in [4.78, 5) is 8.05. The van der Waals surface area contributed by atoms with Crippen LogP contribution in [0.5, 0.6) is 5.75 Å². The van der Waals surface area contributed by atoms with E-state index in [4.69, 9.17) is 9.15 Å². The van der Waals surface area contributed by atoms with Crippen molar-refractivity contribution >= 4 is 17.0 Å². The Morgan fingerprint density at radius 3 is 2.50 bits per heavy atom. The van der Waals surface area contributed by atoms with E-state index in [0.717, 1.165) is 39.3 Å². The van der Waals surface area contributed by atoms with E-state index < -0.39 is 0 Å². The van der Waals surface area contributed by atoms with Crippen LogP contribution < -0.4 is 10.1 Å². The van der Waals surface area contributed by atoms with Gasteiger partial charge in [0.1, 0.15) is 18.2 Å². The van der Waals surface area contributed by atoms with E-state index in [1.807, 2.05) is 72.8 Å². The van der Waals surface area contributed by atoms with Gasteiger partial charge in [-0.2, -0.15) is 0 Å². The van der Waals surface area contributed by atoms with Crippen LogP contribution in [-0.4, -0.2) is 27.2 Å². The van der Waals surface area contributed by atoms with E-state index in [1.165, 1.54) is 0 Å². The predicted molar refractivity (Wildman–Crippen MR) is 115 cm³/mol. The van der Waals surface area contributed by atoms with E-state index in [2.05, 4.69) is 25.5 Å². The fraction of sp³-hybridized carbons (Fsp3) is 0.0870. The number of anilines is 1. The zero-order valence-electron chi connectivity index (χ0n) is 16.3. The number of nitrogens with one attached hydrogen (secondary N) is 2. The van der Waals surface area contributed by atoms with Gasteiger partial charge in [-0.3, -0.25) is 0 Å². The van der Waals surface area contributed by atoms with Gasteiger partial charge in [-0.15, -0.1) is 5.10 Å². The van der Waals surface area contributed by atoms with E-state index in [1.54, 1.807) is 7.05 Å². The molecule has 2 N–H and O–H groups in total. The number of imidazole rings is 1. The van der Waals surface area contributed by atoms with Crippen LogP contribution in [0.1, 0.15) is 5.56 Å². The molecule has 5 aromatic rings. The minimum Gasteiger partial charge on any atom is -0.489 e. The molecule has 0 aliphatic heterocycles. The Hall–Kier alpha value is -4.13. The molecule has 0 bridgehead atoms. The number of aromatic nitrogens is 4. The molecule has 2 aromatic heterocycles. The molecule has 0 spiro atoms. The van der Waals surface area contributed by atoms with Crippen LogP contribution in [0.3, 0.4) is 0 Å². The number of hydrogen-bond donors (Lipinski definition) is 2. The maximum absolute atomic E-state index is 5.86. The number of nitrogens with zero attached hydrogens (tertiary/aromatic N) is 3. The Balaban J connectivity index is 1.35. The number of aromatic amines is 1. The molecule has 3 aromatic carbocycles. The van der Waals surface area contributed by atoms with Gasteiger partial charge in [0.05, 0.1) is 11.0 Å². The van der Waals surface area contributed by atoms with Gasteiger partial charge in [0.25, 0.3) is 0 Å².